The van der Waals surface area contributed by atoms with Crippen LogP contribution in [0.5, 0.6) is 0 Å². The largest absolute Gasteiger partial charge is 0.480 e. The standard InChI is InChI=1S/C9H13N3O2/c1-12(6-8(10)9(13)14)7-3-2-4-11-5-7/h2-5,8H,6,10H2,1H3,(H,13,14). The van der Waals surface area contributed by atoms with Crippen LogP contribution in [0.25, 0.3) is 0 Å². The maximum atomic E-state index is 10.5. The average Bonchev–Trinajstić information content (AvgIpc) is 2.19. The number of carboxylic acid groups (broad SMARTS) is 1. The molecule has 0 aliphatic heterocycles. The van der Waals surface area contributed by atoms with Crippen molar-refractivity contribution in [2.24, 2.45) is 5.73 Å². The molecule has 1 heterocycles. The van der Waals surface area contributed by atoms with Gasteiger partial charge in [0.2, 0.25) is 0 Å². The Bertz CT molecular complexity index is 302. The smallest absolute Gasteiger partial charge is 0.322 e. The Labute approximate surface area is 82.2 Å². The van der Waals surface area contributed by atoms with E-state index in [-0.39, 0.29) is 6.54 Å². The second kappa shape index (κ2) is 4.57. The topological polar surface area (TPSA) is 79.5 Å². The number of hydrogen-bond donors (Lipinski definition) is 2. The predicted molar refractivity (Wildman–Crippen MR) is 53.1 cm³/mol. The molecule has 1 aromatic rings. The molecule has 0 saturated carbocycles. The molecular formula is C9H13N3O2. The van der Waals surface area contributed by atoms with E-state index in [0.29, 0.717) is 0 Å². The van der Waals surface area contributed by atoms with E-state index in [2.05, 4.69) is 4.98 Å². The van der Waals surface area contributed by atoms with Crippen LogP contribution in [0.3, 0.4) is 0 Å². The minimum absolute atomic E-state index is 0.265. The lowest BCUT2D eigenvalue weighted by Crippen LogP contribution is -2.41. The Balaban J connectivity index is 2.59. The van der Waals surface area contributed by atoms with Gasteiger partial charge in [0.05, 0.1) is 11.9 Å². The molecule has 14 heavy (non-hydrogen) atoms. The van der Waals surface area contributed by atoms with E-state index in [1.807, 2.05) is 6.07 Å². The molecule has 3 N–H and O–H groups in total. The number of pyridine rings is 1. The molecule has 0 bridgehead atoms. The number of nitrogens with zero attached hydrogens (tertiary/aromatic N) is 2. The summed E-state index contributed by atoms with van der Waals surface area (Å²) in [6.45, 7) is 0.265. The Hall–Kier alpha value is -1.62. The van der Waals surface area contributed by atoms with Crippen LogP contribution in [0.15, 0.2) is 24.5 Å². The zero-order valence-corrected chi connectivity index (χ0v) is 7.92. The van der Waals surface area contributed by atoms with Crippen LogP contribution >= 0.6 is 0 Å². The van der Waals surface area contributed by atoms with Crippen LogP contribution in [0.4, 0.5) is 5.69 Å². The fraction of sp³-hybridized carbons (Fsp3) is 0.333. The second-order valence-corrected chi connectivity index (χ2v) is 3.04. The number of aliphatic carboxylic acids is 1. The summed E-state index contributed by atoms with van der Waals surface area (Å²) in [7, 11) is 1.78. The fourth-order valence-electron chi connectivity index (χ4n) is 1.06. The van der Waals surface area contributed by atoms with E-state index in [4.69, 9.17) is 10.8 Å². The molecule has 0 fully saturated rings. The van der Waals surface area contributed by atoms with Crippen molar-refractivity contribution in [3.8, 4) is 0 Å². The molecule has 1 aromatic heterocycles. The molecule has 0 aliphatic rings. The molecule has 76 valence electrons. The Morgan fingerprint density at radius 3 is 3.00 bits per heavy atom. The molecule has 5 nitrogen and oxygen atoms in total. The van der Waals surface area contributed by atoms with Crippen molar-refractivity contribution in [2.75, 3.05) is 18.5 Å². The lowest BCUT2D eigenvalue weighted by molar-refractivity contribution is -0.138. The third-order valence-electron chi connectivity index (χ3n) is 1.87. The zero-order valence-electron chi connectivity index (χ0n) is 7.92. The van der Waals surface area contributed by atoms with E-state index in [9.17, 15) is 4.79 Å². The number of nitrogens with two attached hydrogens (primary N) is 1. The summed E-state index contributed by atoms with van der Waals surface area (Å²) in [4.78, 5) is 16.2. The van der Waals surface area contributed by atoms with Crippen molar-refractivity contribution in [3.63, 3.8) is 0 Å². The van der Waals surface area contributed by atoms with E-state index in [0.717, 1.165) is 5.69 Å². The van der Waals surface area contributed by atoms with Gasteiger partial charge in [-0.25, -0.2) is 0 Å². The number of aromatic nitrogens is 1. The van der Waals surface area contributed by atoms with Crippen molar-refractivity contribution in [1.29, 1.82) is 0 Å². The number of carboxylic acids is 1. The second-order valence-electron chi connectivity index (χ2n) is 3.04. The summed E-state index contributed by atoms with van der Waals surface area (Å²) in [5.41, 5.74) is 6.24. The zero-order chi connectivity index (χ0) is 10.6. The quantitative estimate of drug-likeness (QED) is 0.703. The van der Waals surface area contributed by atoms with Gasteiger partial charge in [0.15, 0.2) is 0 Å². The third-order valence-corrected chi connectivity index (χ3v) is 1.87. The van der Waals surface area contributed by atoms with Crippen LogP contribution in [0.2, 0.25) is 0 Å². The molecule has 0 aliphatic carbocycles. The molecule has 1 unspecified atom stereocenters. The maximum absolute atomic E-state index is 10.5. The van der Waals surface area contributed by atoms with Gasteiger partial charge in [0.25, 0.3) is 0 Å². The first kappa shape index (κ1) is 10.5. The number of likely N-dealkylation sites (N-methyl/N-ethyl adjacent to an activating group) is 1. The summed E-state index contributed by atoms with van der Waals surface area (Å²) in [6, 6.07) is 2.76. The Morgan fingerprint density at radius 2 is 2.50 bits per heavy atom. The number of anilines is 1. The molecule has 1 rings (SSSR count). The van der Waals surface area contributed by atoms with Gasteiger partial charge in [0, 0.05) is 19.8 Å². The summed E-state index contributed by atoms with van der Waals surface area (Å²) in [5.74, 6) is -0.999. The number of rotatable bonds is 4. The molecule has 0 aromatic carbocycles. The molecule has 1 atom stereocenters. The van der Waals surface area contributed by atoms with Gasteiger partial charge in [0.1, 0.15) is 6.04 Å². The first-order chi connectivity index (χ1) is 6.61. The van der Waals surface area contributed by atoms with Crippen molar-refractivity contribution >= 4 is 11.7 Å². The average molecular weight is 195 g/mol. The summed E-state index contributed by atoms with van der Waals surface area (Å²) in [5, 5.41) is 8.61. The van der Waals surface area contributed by atoms with Gasteiger partial charge >= 0.3 is 5.97 Å². The minimum Gasteiger partial charge on any atom is -0.480 e. The minimum atomic E-state index is -0.999. The third kappa shape index (κ3) is 2.70. The highest BCUT2D eigenvalue weighted by atomic mass is 16.4. The van der Waals surface area contributed by atoms with Crippen molar-refractivity contribution in [1.82, 2.24) is 4.98 Å². The van der Waals surface area contributed by atoms with Crippen LogP contribution in [-0.4, -0.2) is 35.7 Å². The van der Waals surface area contributed by atoms with Crippen LogP contribution in [-0.2, 0) is 4.79 Å². The molecular weight excluding hydrogens is 182 g/mol. The highest BCUT2D eigenvalue weighted by molar-refractivity contribution is 5.74. The van der Waals surface area contributed by atoms with E-state index >= 15 is 0 Å². The summed E-state index contributed by atoms with van der Waals surface area (Å²) in [6.07, 6.45) is 3.32. The van der Waals surface area contributed by atoms with Crippen LogP contribution in [0.1, 0.15) is 0 Å². The Kier molecular flexibility index (Phi) is 3.41. The molecule has 0 spiro atoms. The van der Waals surface area contributed by atoms with Crippen LogP contribution in [0, 0.1) is 0 Å². The number of carbonyl (C=O) groups is 1. The van der Waals surface area contributed by atoms with Gasteiger partial charge in [-0.15, -0.1) is 0 Å². The van der Waals surface area contributed by atoms with Gasteiger partial charge in [-0.3, -0.25) is 9.78 Å². The first-order valence-electron chi connectivity index (χ1n) is 4.21. The molecule has 0 radical (unpaired) electrons. The SMILES string of the molecule is CN(CC(N)C(=O)O)c1cccnc1. The normalized spacial score (nSPS) is 12.1. The molecule has 5 heteroatoms. The molecule has 0 saturated heterocycles. The van der Waals surface area contributed by atoms with Gasteiger partial charge in [-0.1, -0.05) is 0 Å². The van der Waals surface area contributed by atoms with E-state index in [1.54, 1.807) is 30.4 Å². The summed E-state index contributed by atoms with van der Waals surface area (Å²) >= 11 is 0. The molecule has 0 amide bonds. The Morgan fingerprint density at radius 1 is 1.79 bits per heavy atom. The van der Waals surface area contributed by atoms with Gasteiger partial charge in [-0.2, -0.15) is 0 Å². The van der Waals surface area contributed by atoms with Crippen molar-refractivity contribution < 1.29 is 9.90 Å². The van der Waals surface area contributed by atoms with Crippen molar-refractivity contribution in [3.05, 3.63) is 24.5 Å². The lowest BCUT2D eigenvalue weighted by Gasteiger charge is -2.20. The van der Waals surface area contributed by atoms with Gasteiger partial charge in [-0.05, 0) is 12.1 Å². The fourth-order valence-corrected chi connectivity index (χ4v) is 1.06. The predicted octanol–water partition coefficient (Wildman–Crippen LogP) is -0.0703. The van der Waals surface area contributed by atoms with E-state index in [1.165, 1.54) is 0 Å². The highest BCUT2D eigenvalue weighted by Crippen LogP contribution is 2.08. The monoisotopic (exact) mass is 195 g/mol. The first-order valence-corrected chi connectivity index (χ1v) is 4.21. The maximum Gasteiger partial charge on any atom is 0.322 e. The highest BCUT2D eigenvalue weighted by Gasteiger charge is 2.14. The van der Waals surface area contributed by atoms with E-state index < -0.39 is 12.0 Å². The van der Waals surface area contributed by atoms with Gasteiger partial charge < -0.3 is 15.7 Å². The summed E-state index contributed by atoms with van der Waals surface area (Å²) < 4.78 is 0. The van der Waals surface area contributed by atoms with Crippen molar-refractivity contribution in [2.45, 2.75) is 6.04 Å². The van der Waals surface area contributed by atoms with Crippen LogP contribution < -0.4 is 10.6 Å². The number of hydrogen-bond acceptors (Lipinski definition) is 4. The lowest BCUT2D eigenvalue weighted by atomic mass is 10.3.